The van der Waals surface area contributed by atoms with Crippen molar-refractivity contribution in [2.45, 2.75) is 13.1 Å². The van der Waals surface area contributed by atoms with Gasteiger partial charge < -0.3 is 39.0 Å². The second-order valence-corrected chi connectivity index (χ2v) is 12.4. The van der Waals surface area contributed by atoms with Crippen LogP contribution in [0.5, 0.6) is 23.0 Å². The molecule has 2 N–H and O–H groups in total. The molecule has 0 bridgehead atoms. The van der Waals surface area contributed by atoms with Crippen LogP contribution in [-0.2, 0) is 41.7 Å². The molecule has 4 aromatic carbocycles. The number of benzene rings is 4. The van der Waals surface area contributed by atoms with Gasteiger partial charge in [-0.1, -0.05) is 60.7 Å². The maximum absolute atomic E-state index is 14.1. The minimum Gasteiger partial charge on any atom is -0.481 e. The summed E-state index contributed by atoms with van der Waals surface area (Å²) in [4.78, 5) is 56.4. The molecule has 0 aromatic heterocycles. The zero-order valence-electron chi connectivity index (χ0n) is 29.0. The monoisotopic (exact) mass is 710 g/mol. The molecule has 12 heteroatoms. The van der Waals surface area contributed by atoms with Crippen LogP contribution < -0.4 is 9.47 Å². The minimum atomic E-state index is -1.56. The molecule has 5 rings (SSSR count). The van der Waals surface area contributed by atoms with Crippen LogP contribution in [-0.4, -0.2) is 84.3 Å². The highest BCUT2D eigenvalue weighted by atomic mass is 16.5. The molecule has 1 fully saturated rings. The Morgan fingerprint density at radius 1 is 0.500 bits per heavy atom. The largest absolute Gasteiger partial charge is 0.481 e. The van der Waals surface area contributed by atoms with Gasteiger partial charge in [0.25, 0.3) is 0 Å². The third-order valence-electron chi connectivity index (χ3n) is 8.99. The van der Waals surface area contributed by atoms with Crippen LogP contribution in [0.25, 0.3) is 0 Å². The summed E-state index contributed by atoms with van der Waals surface area (Å²) < 4.78 is 22.2. The Morgan fingerprint density at radius 2 is 0.827 bits per heavy atom. The highest BCUT2D eigenvalue weighted by Crippen LogP contribution is 2.49. The number of carbonyl (C=O) groups is 4. The average molecular weight is 711 g/mol. The van der Waals surface area contributed by atoms with Gasteiger partial charge in [-0.3, -0.25) is 19.2 Å². The van der Waals surface area contributed by atoms with Crippen LogP contribution in [0.1, 0.15) is 11.1 Å². The van der Waals surface area contributed by atoms with E-state index in [9.17, 15) is 29.4 Å². The second kappa shape index (κ2) is 18.0. The molecule has 0 radical (unpaired) electrons. The third-order valence-corrected chi connectivity index (χ3v) is 8.99. The lowest BCUT2D eigenvalue weighted by Crippen LogP contribution is -2.64. The number of methoxy groups -OCH3 is 2. The predicted molar refractivity (Wildman–Crippen MR) is 190 cm³/mol. The number of carboxylic acids is 2. The van der Waals surface area contributed by atoms with Gasteiger partial charge in [-0.05, 0) is 59.7 Å². The van der Waals surface area contributed by atoms with Crippen LogP contribution in [0, 0.1) is 23.7 Å². The zero-order valence-corrected chi connectivity index (χ0v) is 29.0. The van der Waals surface area contributed by atoms with Gasteiger partial charge in [0.15, 0.2) is 0 Å². The van der Waals surface area contributed by atoms with Gasteiger partial charge in [-0.2, -0.15) is 0 Å². The van der Waals surface area contributed by atoms with Gasteiger partial charge >= 0.3 is 11.9 Å². The van der Waals surface area contributed by atoms with E-state index in [1.54, 1.807) is 48.5 Å². The Bertz CT molecular complexity index is 1640. The van der Waals surface area contributed by atoms with Crippen molar-refractivity contribution < 1.29 is 48.3 Å². The first-order valence-electron chi connectivity index (χ1n) is 16.8. The Morgan fingerprint density at radius 3 is 1.13 bits per heavy atom. The van der Waals surface area contributed by atoms with Gasteiger partial charge in [0.1, 0.15) is 23.0 Å². The Balaban J connectivity index is 1.33. The maximum Gasteiger partial charge on any atom is 0.308 e. The van der Waals surface area contributed by atoms with E-state index < -0.39 is 47.4 Å². The minimum absolute atomic E-state index is 0.0611. The average Bonchev–Trinajstić information content (AvgIpc) is 3.13. The lowest BCUT2D eigenvalue weighted by atomic mass is 9.55. The van der Waals surface area contributed by atoms with E-state index in [4.69, 9.17) is 18.9 Å². The van der Waals surface area contributed by atoms with Gasteiger partial charge in [-0.25, -0.2) is 0 Å². The van der Waals surface area contributed by atoms with Crippen molar-refractivity contribution in [3.05, 3.63) is 120 Å². The van der Waals surface area contributed by atoms with Crippen LogP contribution in [0.2, 0.25) is 0 Å². The molecule has 0 heterocycles. The molecule has 0 saturated heterocycles. The Kier molecular flexibility index (Phi) is 13.0. The van der Waals surface area contributed by atoms with E-state index in [1.165, 1.54) is 24.0 Å². The summed E-state index contributed by atoms with van der Waals surface area (Å²) in [6.45, 7) is 0.540. The number of amides is 2. The number of hydrogen-bond acceptors (Lipinski definition) is 8. The van der Waals surface area contributed by atoms with E-state index in [1.807, 2.05) is 60.7 Å². The van der Waals surface area contributed by atoms with Gasteiger partial charge in [0, 0.05) is 40.4 Å². The smallest absolute Gasteiger partial charge is 0.308 e. The summed E-state index contributed by atoms with van der Waals surface area (Å²) in [5.41, 5.74) is 1.42. The lowest BCUT2D eigenvalue weighted by molar-refractivity contribution is -0.188. The van der Waals surface area contributed by atoms with Crippen molar-refractivity contribution in [3.8, 4) is 23.0 Å². The third kappa shape index (κ3) is 9.33. The Hall–Kier alpha value is -5.72. The number of carboxylic acid groups (broad SMARTS) is 2. The molecule has 52 heavy (non-hydrogen) atoms. The summed E-state index contributed by atoms with van der Waals surface area (Å²) in [5, 5.41) is 20.7. The van der Waals surface area contributed by atoms with E-state index >= 15 is 0 Å². The highest BCUT2D eigenvalue weighted by Gasteiger charge is 2.64. The SMILES string of the molecule is COCCN(Cc1ccc(Oc2ccccc2)cc1)C(=O)[C@H]1[C@H](C(=O)O)[C@H](C(=O)N(CCOC)Cc2ccc(Oc3ccccc3)cc2)[C@H]1C(=O)O. The zero-order chi connectivity index (χ0) is 37.0. The van der Waals surface area contributed by atoms with Gasteiger partial charge in [0.2, 0.25) is 11.8 Å². The van der Waals surface area contributed by atoms with Crippen LogP contribution in [0.4, 0.5) is 0 Å². The van der Waals surface area contributed by atoms with E-state index in [2.05, 4.69) is 0 Å². The number of hydrogen-bond donors (Lipinski definition) is 2. The van der Waals surface area contributed by atoms with Crippen molar-refractivity contribution in [2.24, 2.45) is 23.7 Å². The number of rotatable bonds is 18. The number of ether oxygens (including phenoxy) is 4. The topological polar surface area (TPSA) is 152 Å². The van der Waals surface area contributed by atoms with Crippen LogP contribution >= 0.6 is 0 Å². The van der Waals surface area contributed by atoms with Crippen molar-refractivity contribution >= 4 is 23.8 Å². The first-order chi connectivity index (χ1) is 25.2. The summed E-state index contributed by atoms with van der Waals surface area (Å²) >= 11 is 0. The van der Waals surface area contributed by atoms with E-state index in [-0.39, 0.29) is 39.4 Å². The number of para-hydroxylation sites is 2. The molecular formula is C40H42N2O10. The molecule has 0 aliphatic heterocycles. The molecule has 4 aromatic rings. The molecule has 272 valence electrons. The van der Waals surface area contributed by atoms with Crippen LogP contribution in [0.15, 0.2) is 109 Å². The fourth-order valence-corrected chi connectivity index (χ4v) is 6.35. The van der Waals surface area contributed by atoms with Gasteiger partial charge in [0.05, 0.1) is 36.9 Å². The first-order valence-corrected chi connectivity index (χ1v) is 16.8. The Labute approximate surface area is 302 Å². The van der Waals surface area contributed by atoms with E-state index in [0.29, 0.717) is 34.1 Å². The summed E-state index contributed by atoms with van der Waals surface area (Å²) in [5.74, 6) is -7.77. The van der Waals surface area contributed by atoms with Crippen molar-refractivity contribution in [3.63, 3.8) is 0 Å². The second-order valence-electron chi connectivity index (χ2n) is 12.4. The van der Waals surface area contributed by atoms with Crippen molar-refractivity contribution in [1.29, 1.82) is 0 Å². The quantitative estimate of drug-likeness (QED) is 0.134. The molecule has 1 saturated carbocycles. The molecule has 0 spiro atoms. The van der Waals surface area contributed by atoms with Crippen molar-refractivity contribution in [2.75, 3.05) is 40.5 Å². The molecule has 1 aliphatic carbocycles. The summed E-state index contributed by atoms with van der Waals surface area (Å²) in [7, 11) is 2.93. The predicted octanol–water partition coefficient (Wildman–Crippen LogP) is 5.57. The number of nitrogens with zero attached hydrogens (tertiary/aromatic N) is 2. The molecule has 0 atom stereocenters. The number of carbonyl (C=O) groups excluding carboxylic acids is 2. The summed E-state index contributed by atoms with van der Waals surface area (Å²) in [6.07, 6.45) is 0. The normalized spacial score (nSPS) is 17.7. The van der Waals surface area contributed by atoms with Gasteiger partial charge in [-0.15, -0.1) is 0 Å². The molecule has 12 nitrogen and oxygen atoms in total. The van der Waals surface area contributed by atoms with Crippen molar-refractivity contribution in [1.82, 2.24) is 9.80 Å². The van der Waals surface area contributed by atoms with Crippen LogP contribution in [0.3, 0.4) is 0 Å². The molecular weight excluding hydrogens is 668 g/mol. The first kappa shape index (κ1) is 37.5. The lowest BCUT2D eigenvalue weighted by Gasteiger charge is -2.48. The molecule has 0 unspecified atom stereocenters. The maximum atomic E-state index is 14.1. The molecule has 2 amide bonds. The number of aliphatic carboxylic acids is 2. The van der Waals surface area contributed by atoms with E-state index in [0.717, 1.165) is 0 Å². The fraction of sp³-hybridized carbons (Fsp3) is 0.300. The summed E-state index contributed by atoms with van der Waals surface area (Å²) in [6, 6.07) is 32.6. The standard InChI is InChI=1S/C40H42N2O10/c1-49-23-21-41(25-27-13-17-31(18-14-27)51-29-9-5-3-6-10-29)37(43)33-35(39(45)46)34(36(33)40(47)48)38(44)42(22-24-50-2)26-28-15-19-32(20-16-28)52-30-11-7-4-8-12-30/h3-20,33-36H,21-26H2,1-2H3,(H,45,46)(H,47,48)/t33-,34-,35-,36-. The highest BCUT2D eigenvalue weighted by molar-refractivity contribution is 5.99. The fourth-order valence-electron chi connectivity index (χ4n) is 6.35. The molecule has 1 aliphatic rings.